The maximum Gasteiger partial charge on any atom is 0.118 e. The van der Waals surface area contributed by atoms with Crippen molar-refractivity contribution in [2.24, 2.45) is 0 Å². The fraction of sp³-hybridized carbons (Fsp3) is 0.250. The summed E-state index contributed by atoms with van der Waals surface area (Å²) in [6.07, 6.45) is 5.76. The van der Waals surface area contributed by atoms with Gasteiger partial charge in [-0.15, -0.1) is 0 Å². The maximum absolute atomic E-state index is 5.26. The molecule has 1 heterocycles. The Kier molecular flexibility index (Phi) is 4.95. The molecule has 1 aromatic heterocycles. The van der Waals surface area contributed by atoms with Crippen LogP contribution in [0.4, 0.5) is 0 Å². The molecule has 0 N–H and O–H groups in total. The van der Waals surface area contributed by atoms with E-state index in [1.54, 1.807) is 7.11 Å². The van der Waals surface area contributed by atoms with E-state index in [0.29, 0.717) is 0 Å². The molecule has 2 aromatic carbocycles. The number of thioether (sulfide) groups is 1. The third-order valence-electron chi connectivity index (χ3n) is 4.24. The quantitative estimate of drug-likeness (QED) is 0.581. The molecule has 0 fully saturated rings. The molecule has 1 atom stereocenters. The van der Waals surface area contributed by atoms with Crippen LogP contribution in [0.15, 0.2) is 78.2 Å². The van der Waals surface area contributed by atoms with Gasteiger partial charge in [0.2, 0.25) is 0 Å². The highest BCUT2D eigenvalue weighted by Gasteiger charge is 2.33. The third-order valence-corrected chi connectivity index (χ3v) is 5.84. The van der Waals surface area contributed by atoms with Crippen molar-refractivity contribution in [1.82, 2.24) is 9.55 Å². The molecule has 3 nitrogen and oxygen atoms in total. The minimum atomic E-state index is -0.0629. The van der Waals surface area contributed by atoms with Crippen LogP contribution < -0.4 is 4.74 Å². The van der Waals surface area contributed by atoms with E-state index in [2.05, 4.69) is 65.9 Å². The van der Waals surface area contributed by atoms with E-state index in [1.807, 2.05) is 42.6 Å². The standard InChI is InChI=1S/C20H22N2OS/c1-20(2,16-7-5-4-6-8-16)19(22-14-13-21-15-22)24-18-11-9-17(23-3)10-12-18/h4-15,19H,1-3H3. The van der Waals surface area contributed by atoms with Crippen LogP contribution in [0.25, 0.3) is 0 Å². The lowest BCUT2D eigenvalue weighted by Gasteiger charge is -2.35. The summed E-state index contributed by atoms with van der Waals surface area (Å²) in [5.74, 6) is 0.876. The molecule has 3 rings (SSSR count). The Morgan fingerprint density at radius 2 is 1.75 bits per heavy atom. The van der Waals surface area contributed by atoms with Gasteiger partial charge in [-0.25, -0.2) is 4.98 Å². The zero-order valence-corrected chi connectivity index (χ0v) is 15.0. The minimum Gasteiger partial charge on any atom is -0.497 e. The Balaban J connectivity index is 1.94. The second kappa shape index (κ2) is 7.14. The Morgan fingerprint density at radius 3 is 2.33 bits per heavy atom. The first-order valence-corrected chi connectivity index (χ1v) is 8.83. The monoisotopic (exact) mass is 338 g/mol. The summed E-state index contributed by atoms with van der Waals surface area (Å²) in [5, 5.41) is 0.191. The van der Waals surface area contributed by atoms with E-state index in [9.17, 15) is 0 Å². The van der Waals surface area contributed by atoms with Crippen molar-refractivity contribution < 1.29 is 4.74 Å². The van der Waals surface area contributed by atoms with Crippen LogP contribution >= 0.6 is 11.8 Å². The van der Waals surface area contributed by atoms with Crippen LogP contribution in [0.3, 0.4) is 0 Å². The Hall–Kier alpha value is -2.20. The van der Waals surface area contributed by atoms with Crippen molar-refractivity contribution >= 4 is 11.8 Å². The molecule has 0 spiro atoms. The second-order valence-corrected chi connectivity index (χ2v) is 7.40. The first-order chi connectivity index (χ1) is 11.6. The third kappa shape index (κ3) is 3.49. The average Bonchev–Trinajstić information content (AvgIpc) is 3.15. The summed E-state index contributed by atoms with van der Waals surface area (Å²) in [7, 11) is 1.69. The molecule has 0 amide bonds. The van der Waals surface area contributed by atoms with E-state index >= 15 is 0 Å². The van der Waals surface area contributed by atoms with Gasteiger partial charge in [0, 0.05) is 22.7 Å². The highest BCUT2D eigenvalue weighted by molar-refractivity contribution is 7.99. The van der Waals surface area contributed by atoms with E-state index in [1.165, 1.54) is 10.5 Å². The smallest absolute Gasteiger partial charge is 0.118 e. The molecule has 24 heavy (non-hydrogen) atoms. The Bertz CT molecular complexity index is 752. The van der Waals surface area contributed by atoms with Gasteiger partial charge in [0.25, 0.3) is 0 Å². The van der Waals surface area contributed by atoms with Gasteiger partial charge >= 0.3 is 0 Å². The van der Waals surface area contributed by atoms with Gasteiger partial charge < -0.3 is 9.30 Å². The first-order valence-electron chi connectivity index (χ1n) is 7.95. The number of nitrogens with zero attached hydrogens (tertiary/aromatic N) is 2. The topological polar surface area (TPSA) is 27.1 Å². The van der Waals surface area contributed by atoms with Crippen molar-refractivity contribution in [3.63, 3.8) is 0 Å². The van der Waals surface area contributed by atoms with E-state index in [4.69, 9.17) is 4.74 Å². The number of aromatic nitrogens is 2. The van der Waals surface area contributed by atoms with Crippen molar-refractivity contribution in [3.05, 3.63) is 78.9 Å². The lowest BCUT2D eigenvalue weighted by molar-refractivity contribution is 0.414. The van der Waals surface area contributed by atoms with Crippen molar-refractivity contribution in [3.8, 4) is 5.75 Å². The second-order valence-electron chi connectivity index (χ2n) is 6.24. The largest absolute Gasteiger partial charge is 0.497 e. The molecule has 3 aromatic rings. The van der Waals surface area contributed by atoms with Gasteiger partial charge in [0.05, 0.1) is 18.8 Å². The molecule has 1 unspecified atom stereocenters. The number of imidazole rings is 1. The number of hydrogen-bond acceptors (Lipinski definition) is 3. The van der Waals surface area contributed by atoms with Gasteiger partial charge in [0.1, 0.15) is 5.75 Å². The van der Waals surface area contributed by atoms with E-state index in [-0.39, 0.29) is 10.8 Å². The molecule has 0 saturated heterocycles. The maximum atomic E-state index is 5.26. The highest BCUT2D eigenvalue weighted by Crippen LogP contribution is 2.45. The number of rotatable bonds is 6. The van der Waals surface area contributed by atoms with Gasteiger partial charge in [-0.2, -0.15) is 0 Å². The van der Waals surface area contributed by atoms with Crippen LogP contribution in [0, 0.1) is 0 Å². The number of methoxy groups -OCH3 is 1. The van der Waals surface area contributed by atoms with Crippen LogP contribution in [0.1, 0.15) is 24.8 Å². The zero-order valence-electron chi connectivity index (χ0n) is 14.2. The summed E-state index contributed by atoms with van der Waals surface area (Å²) in [6, 6.07) is 18.9. The molecule has 124 valence electrons. The number of benzene rings is 2. The molecule has 0 aliphatic carbocycles. The fourth-order valence-electron chi connectivity index (χ4n) is 2.78. The van der Waals surface area contributed by atoms with Gasteiger partial charge in [-0.1, -0.05) is 55.9 Å². The van der Waals surface area contributed by atoms with Gasteiger partial charge in [-0.3, -0.25) is 0 Å². The molecule has 0 aliphatic rings. The molecular weight excluding hydrogens is 316 g/mol. The molecular formula is C20H22N2OS. The number of hydrogen-bond donors (Lipinski definition) is 0. The fourth-order valence-corrected chi connectivity index (χ4v) is 4.01. The van der Waals surface area contributed by atoms with Gasteiger partial charge in [0.15, 0.2) is 0 Å². The molecule has 0 radical (unpaired) electrons. The van der Waals surface area contributed by atoms with Crippen molar-refractivity contribution in [2.75, 3.05) is 7.11 Å². The van der Waals surface area contributed by atoms with E-state index in [0.717, 1.165) is 5.75 Å². The average molecular weight is 338 g/mol. The molecule has 4 heteroatoms. The summed E-state index contributed by atoms with van der Waals surface area (Å²) in [6.45, 7) is 4.56. The summed E-state index contributed by atoms with van der Waals surface area (Å²) >= 11 is 1.83. The van der Waals surface area contributed by atoms with Crippen molar-refractivity contribution in [1.29, 1.82) is 0 Å². The van der Waals surface area contributed by atoms with Crippen LogP contribution in [0.2, 0.25) is 0 Å². The Morgan fingerprint density at radius 1 is 1.04 bits per heavy atom. The summed E-state index contributed by atoms with van der Waals surface area (Å²) in [4.78, 5) is 5.46. The normalized spacial score (nSPS) is 12.8. The SMILES string of the molecule is COc1ccc(SC(n2ccnc2)C(C)(C)c2ccccc2)cc1. The molecule has 0 bridgehead atoms. The summed E-state index contributed by atoms with van der Waals surface area (Å²) in [5.41, 5.74) is 1.25. The first kappa shape index (κ1) is 16.7. The van der Waals surface area contributed by atoms with Crippen molar-refractivity contribution in [2.45, 2.75) is 29.5 Å². The minimum absolute atomic E-state index is 0.0629. The van der Waals surface area contributed by atoms with Crippen LogP contribution in [-0.4, -0.2) is 16.7 Å². The lowest BCUT2D eigenvalue weighted by atomic mass is 9.84. The van der Waals surface area contributed by atoms with Crippen LogP contribution in [-0.2, 0) is 5.41 Å². The predicted molar refractivity (Wildman–Crippen MR) is 99.6 cm³/mol. The lowest BCUT2D eigenvalue weighted by Crippen LogP contribution is -2.28. The summed E-state index contributed by atoms with van der Waals surface area (Å²) < 4.78 is 7.44. The predicted octanol–water partition coefficient (Wildman–Crippen LogP) is 5.16. The highest BCUT2D eigenvalue weighted by atomic mass is 32.2. The van der Waals surface area contributed by atoms with Crippen LogP contribution in [0.5, 0.6) is 5.75 Å². The van der Waals surface area contributed by atoms with E-state index < -0.39 is 0 Å². The van der Waals surface area contributed by atoms with Gasteiger partial charge in [-0.05, 0) is 29.8 Å². The molecule has 0 aliphatic heterocycles. The zero-order chi connectivity index (χ0) is 17.0. The Labute approximate surface area is 147 Å². The number of ether oxygens (including phenoxy) is 1. The molecule has 0 saturated carbocycles.